The van der Waals surface area contributed by atoms with Gasteiger partial charge in [0.15, 0.2) is 6.61 Å². The Hall–Kier alpha value is -1.82. The largest absolute Gasteiger partial charge is 0.484 e. The predicted octanol–water partition coefficient (Wildman–Crippen LogP) is 4.75. The first-order valence-electron chi connectivity index (χ1n) is 5.80. The van der Waals surface area contributed by atoms with Crippen molar-refractivity contribution in [2.75, 3.05) is 11.3 Å². The first-order chi connectivity index (χ1) is 9.53. The van der Waals surface area contributed by atoms with E-state index in [0.29, 0.717) is 0 Å². The van der Waals surface area contributed by atoms with Gasteiger partial charge in [0, 0.05) is 10.6 Å². The van der Waals surface area contributed by atoms with Crippen molar-refractivity contribution in [3.63, 3.8) is 0 Å². The van der Waals surface area contributed by atoms with Crippen LogP contribution in [0, 0.1) is 0 Å². The van der Waals surface area contributed by atoms with Gasteiger partial charge in [0.25, 0.3) is 0 Å². The van der Waals surface area contributed by atoms with Crippen LogP contribution < -0.4 is 9.46 Å². The third kappa shape index (κ3) is 5.05. The molecule has 2 rings (SSSR count). The quantitative estimate of drug-likeness (QED) is 0.805. The Morgan fingerprint density at radius 2 is 1.60 bits per heavy atom. The highest BCUT2D eigenvalue weighted by atomic mass is 32.2. The molecule has 2 aromatic carbocycles. The van der Waals surface area contributed by atoms with Gasteiger partial charge in [-0.05, 0) is 48.3 Å². The summed E-state index contributed by atoms with van der Waals surface area (Å²) in [5, 5.41) is 0. The average molecular weight is 299 g/mol. The van der Waals surface area contributed by atoms with Gasteiger partial charge in [-0.2, -0.15) is 13.2 Å². The molecule has 2 nitrogen and oxygen atoms in total. The van der Waals surface area contributed by atoms with Crippen LogP contribution in [0.5, 0.6) is 5.75 Å². The Bertz CT molecular complexity index is 528. The van der Waals surface area contributed by atoms with Gasteiger partial charge in [0.05, 0.1) is 0 Å². The monoisotopic (exact) mass is 299 g/mol. The number of para-hydroxylation sites is 1. The SMILES string of the molecule is FC(F)(F)COc1ccc(SNc2ccccc2)cc1. The number of hydrogen-bond donors (Lipinski definition) is 1. The lowest BCUT2D eigenvalue weighted by atomic mass is 10.3. The molecule has 0 saturated carbocycles. The zero-order valence-corrected chi connectivity index (χ0v) is 11.2. The number of halogens is 3. The van der Waals surface area contributed by atoms with Gasteiger partial charge in [-0.3, -0.25) is 0 Å². The first-order valence-corrected chi connectivity index (χ1v) is 6.62. The van der Waals surface area contributed by atoms with E-state index >= 15 is 0 Å². The van der Waals surface area contributed by atoms with Crippen LogP contribution in [0.4, 0.5) is 18.9 Å². The molecule has 0 saturated heterocycles. The van der Waals surface area contributed by atoms with Crippen LogP contribution in [-0.4, -0.2) is 12.8 Å². The molecule has 0 aliphatic rings. The number of hydrogen-bond acceptors (Lipinski definition) is 3. The van der Waals surface area contributed by atoms with Crippen molar-refractivity contribution in [2.24, 2.45) is 0 Å². The second-order valence-corrected chi connectivity index (χ2v) is 4.83. The summed E-state index contributed by atoms with van der Waals surface area (Å²) in [5.74, 6) is 0.200. The van der Waals surface area contributed by atoms with E-state index in [9.17, 15) is 13.2 Å². The van der Waals surface area contributed by atoms with Crippen molar-refractivity contribution in [2.45, 2.75) is 11.1 Å². The van der Waals surface area contributed by atoms with Crippen molar-refractivity contribution in [1.82, 2.24) is 0 Å². The lowest BCUT2D eigenvalue weighted by Crippen LogP contribution is -2.19. The topological polar surface area (TPSA) is 21.3 Å². The van der Waals surface area contributed by atoms with Gasteiger partial charge >= 0.3 is 6.18 Å². The highest BCUT2D eigenvalue weighted by Gasteiger charge is 2.28. The maximum absolute atomic E-state index is 12.0. The summed E-state index contributed by atoms with van der Waals surface area (Å²) in [7, 11) is 0. The molecule has 0 heterocycles. The maximum atomic E-state index is 12.0. The first kappa shape index (κ1) is 14.6. The molecule has 6 heteroatoms. The molecule has 0 fully saturated rings. The summed E-state index contributed by atoms with van der Waals surface area (Å²) in [6.45, 7) is -1.28. The number of ether oxygens (including phenoxy) is 1. The zero-order valence-electron chi connectivity index (χ0n) is 10.4. The minimum absolute atomic E-state index is 0.200. The van der Waals surface area contributed by atoms with E-state index in [0.717, 1.165) is 10.6 Å². The minimum Gasteiger partial charge on any atom is -0.484 e. The molecular formula is C14H12F3NOS. The Balaban J connectivity index is 1.85. The summed E-state index contributed by atoms with van der Waals surface area (Å²) in [5.41, 5.74) is 0.954. The number of anilines is 1. The predicted molar refractivity (Wildman–Crippen MR) is 73.9 cm³/mol. The summed E-state index contributed by atoms with van der Waals surface area (Å²) in [4.78, 5) is 0.883. The number of nitrogens with one attached hydrogen (secondary N) is 1. The second kappa shape index (κ2) is 6.56. The Kier molecular flexibility index (Phi) is 4.79. The van der Waals surface area contributed by atoms with Crippen LogP contribution in [0.2, 0.25) is 0 Å². The number of benzene rings is 2. The van der Waals surface area contributed by atoms with Crippen LogP contribution in [0.15, 0.2) is 59.5 Å². The third-order valence-electron chi connectivity index (χ3n) is 2.29. The molecule has 2 aromatic rings. The average Bonchev–Trinajstić information content (AvgIpc) is 2.44. The number of alkyl halides is 3. The molecule has 0 bridgehead atoms. The molecule has 0 radical (unpaired) electrons. The van der Waals surface area contributed by atoms with E-state index in [-0.39, 0.29) is 5.75 Å². The van der Waals surface area contributed by atoms with Crippen LogP contribution >= 0.6 is 11.9 Å². The van der Waals surface area contributed by atoms with Gasteiger partial charge in [-0.25, -0.2) is 0 Å². The van der Waals surface area contributed by atoms with E-state index in [4.69, 9.17) is 0 Å². The maximum Gasteiger partial charge on any atom is 0.422 e. The summed E-state index contributed by atoms with van der Waals surface area (Å²) in [6, 6.07) is 16.0. The van der Waals surface area contributed by atoms with Gasteiger partial charge in [0.1, 0.15) is 5.75 Å². The third-order valence-corrected chi connectivity index (χ3v) is 3.13. The lowest BCUT2D eigenvalue weighted by molar-refractivity contribution is -0.153. The van der Waals surface area contributed by atoms with E-state index in [2.05, 4.69) is 9.46 Å². The van der Waals surface area contributed by atoms with Crippen LogP contribution in [0.1, 0.15) is 0 Å². The molecule has 0 aromatic heterocycles. The standard InChI is InChI=1S/C14H12F3NOS/c15-14(16,17)10-19-12-6-8-13(9-7-12)20-18-11-4-2-1-3-5-11/h1-9,18H,10H2. The van der Waals surface area contributed by atoms with E-state index in [1.54, 1.807) is 12.1 Å². The Labute approximate surface area is 119 Å². The molecule has 106 valence electrons. The van der Waals surface area contributed by atoms with E-state index in [1.807, 2.05) is 30.3 Å². The van der Waals surface area contributed by atoms with Crippen LogP contribution in [0.25, 0.3) is 0 Å². The minimum atomic E-state index is -4.32. The van der Waals surface area contributed by atoms with Gasteiger partial charge in [0.2, 0.25) is 0 Å². The van der Waals surface area contributed by atoms with Crippen molar-refractivity contribution >= 4 is 17.6 Å². The van der Waals surface area contributed by atoms with Gasteiger partial charge < -0.3 is 9.46 Å². The Morgan fingerprint density at radius 3 is 2.20 bits per heavy atom. The normalized spacial score (nSPS) is 11.2. The summed E-state index contributed by atoms with van der Waals surface area (Å²) >= 11 is 1.38. The lowest BCUT2D eigenvalue weighted by Gasteiger charge is -2.09. The molecule has 0 aliphatic carbocycles. The highest BCUT2D eigenvalue weighted by Crippen LogP contribution is 2.24. The Morgan fingerprint density at radius 1 is 0.950 bits per heavy atom. The molecule has 0 unspecified atom stereocenters. The number of rotatable bonds is 5. The van der Waals surface area contributed by atoms with E-state index < -0.39 is 12.8 Å². The van der Waals surface area contributed by atoms with Crippen molar-refractivity contribution in [3.05, 3.63) is 54.6 Å². The van der Waals surface area contributed by atoms with Crippen molar-refractivity contribution in [3.8, 4) is 5.75 Å². The molecule has 0 atom stereocenters. The van der Waals surface area contributed by atoms with Crippen LogP contribution in [-0.2, 0) is 0 Å². The molecule has 1 N–H and O–H groups in total. The molecular weight excluding hydrogens is 287 g/mol. The fourth-order valence-electron chi connectivity index (χ4n) is 1.39. The zero-order chi connectivity index (χ0) is 14.4. The van der Waals surface area contributed by atoms with E-state index in [1.165, 1.54) is 24.1 Å². The smallest absolute Gasteiger partial charge is 0.422 e. The fourth-order valence-corrected chi connectivity index (χ4v) is 2.04. The summed E-state index contributed by atoms with van der Waals surface area (Å²) in [6.07, 6.45) is -4.32. The van der Waals surface area contributed by atoms with Crippen molar-refractivity contribution < 1.29 is 17.9 Å². The molecule has 0 aliphatic heterocycles. The molecule has 0 amide bonds. The highest BCUT2D eigenvalue weighted by molar-refractivity contribution is 8.00. The molecule has 0 spiro atoms. The van der Waals surface area contributed by atoms with Gasteiger partial charge in [-0.1, -0.05) is 18.2 Å². The van der Waals surface area contributed by atoms with Crippen LogP contribution in [0.3, 0.4) is 0 Å². The second-order valence-electron chi connectivity index (χ2n) is 3.95. The summed E-state index contributed by atoms with van der Waals surface area (Å²) < 4.78 is 43.7. The van der Waals surface area contributed by atoms with Crippen molar-refractivity contribution in [1.29, 1.82) is 0 Å². The fraction of sp³-hybridized carbons (Fsp3) is 0.143. The molecule has 20 heavy (non-hydrogen) atoms. The van der Waals surface area contributed by atoms with Gasteiger partial charge in [-0.15, -0.1) is 0 Å².